The Bertz CT molecular complexity index is 1900. The molecule has 0 saturated heterocycles. The molecule has 0 bridgehead atoms. The fraction of sp³-hybridized carbons (Fsp3) is 0.435. The number of rotatable bonds is 22. The lowest BCUT2D eigenvalue weighted by atomic mass is 9.62. The fourth-order valence-corrected chi connectivity index (χ4v) is 7.64. The van der Waals surface area contributed by atoms with Crippen molar-refractivity contribution in [1.29, 1.82) is 0 Å². The number of ether oxygens (including phenoxy) is 3. The predicted molar refractivity (Wildman–Crippen MR) is 238 cm³/mol. The van der Waals surface area contributed by atoms with E-state index < -0.39 is 25.7 Å². The lowest BCUT2D eigenvalue weighted by molar-refractivity contribution is -0.151. The molecule has 14 heteroatoms. The van der Waals surface area contributed by atoms with Gasteiger partial charge in [0.15, 0.2) is 0 Å². The molecule has 0 fully saturated rings. The molecule has 60 heavy (non-hydrogen) atoms. The predicted octanol–water partition coefficient (Wildman–Crippen LogP) is 10.0. The molecule has 8 nitrogen and oxygen atoms in total. The largest absolute Gasteiger partial charge is 0.466 e. The van der Waals surface area contributed by atoms with Crippen LogP contribution in [-0.2, 0) is 36.6 Å². The Balaban J connectivity index is 0.000000321. The molecule has 4 rings (SSSR count). The molecular weight excluding hydrogens is 811 g/mol. The SMILES string of the molecule is CCOC(=O)[C@H](CO)C[C@H](CB(C)O)Cc1ccc(-c2cc(Cl)ccc2F)cc1.CCOC[C@H](C[C@H](CB(C)O)Cc1ccc(-c2cc(Cl)ccc2F)cc1)C(=O)OCC. The van der Waals surface area contributed by atoms with Gasteiger partial charge in [-0.2, -0.15) is 0 Å². The third-order valence-corrected chi connectivity index (χ3v) is 10.5. The van der Waals surface area contributed by atoms with E-state index in [0.717, 1.165) is 22.3 Å². The van der Waals surface area contributed by atoms with Crippen LogP contribution in [0.1, 0.15) is 44.7 Å². The zero-order valence-corrected chi connectivity index (χ0v) is 36.7. The van der Waals surface area contributed by atoms with E-state index in [4.69, 9.17) is 37.4 Å². The minimum absolute atomic E-state index is 0.00897. The van der Waals surface area contributed by atoms with E-state index in [1.54, 1.807) is 39.6 Å². The highest BCUT2D eigenvalue weighted by atomic mass is 35.5. The molecule has 0 saturated carbocycles. The average molecular weight is 869 g/mol. The lowest BCUT2D eigenvalue weighted by Gasteiger charge is -2.23. The fourth-order valence-electron chi connectivity index (χ4n) is 7.30. The summed E-state index contributed by atoms with van der Waals surface area (Å²) in [4.78, 5) is 24.4. The molecule has 0 aliphatic carbocycles. The number of carbonyl (C=O) groups excluding carboxylic acids is 2. The van der Waals surface area contributed by atoms with Crippen molar-refractivity contribution in [2.45, 2.75) is 72.7 Å². The van der Waals surface area contributed by atoms with E-state index in [1.165, 1.54) is 24.3 Å². The second kappa shape index (κ2) is 26.5. The Morgan fingerprint density at radius 1 is 0.633 bits per heavy atom. The number of aliphatic hydroxyl groups is 1. The monoisotopic (exact) mass is 868 g/mol. The summed E-state index contributed by atoms with van der Waals surface area (Å²) in [7, 11) is 0. The number of halogens is 4. The molecule has 0 amide bonds. The molecule has 3 N–H and O–H groups in total. The minimum atomic E-state index is -0.612. The van der Waals surface area contributed by atoms with Crippen LogP contribution < -0.4 is 0 Å². The van der Waals surface area contributed by atoms with Crippen molar-refractivity contribution in [3.05, 3.63) is 118 Å². The summed E-state index contributed by atoms with van der Waals surface area (Å²) < 4.78 is 44.0. The van der Waals surface area contributed by atoms with Crippen molar-refractivity contribution in [1.82, 2.24) is 0 Å². The van der Waals surface area contributed by atoms with Crippen LogP contribution in [0.15, 0.2) is 84.9 Å². The first kappa shape index (κ1) is 50.6. The molecule has 4 aromatic carbocycles. The quantitative estimate of drug-likeness (QED) is 0.0527. The van der Waals surface area contributed by atoms with E-state index in [-0.39, 0.29) is 48.6 Å². The van der Waals surface area contributed by atoms with Gasteiger partial charge >= 0.3 is 11.9 Å². The van der Waals surface area contributed by atoms with E-state index in [2.05, 4.69) is 0 Å². The van der Waals surface area contributed by atoms with Gasteiger partial charge in [0.2, 0.25) is 0 Å². The van der Waals surface area contributed by atoms with Gasteiger partial charge in [-0.05, 0) is 130 Å². The van der Waals surface area contributed by atoms with Gasteiger partial charge in [-0.3, -0.25) is 9.59 Å². The van der Waals surface area contributed by atoms with Crippen molar-refractivity contribution in [3.63, 3.8) is 0 Å². The summed E-state index contributed by atoms with van der Waals surface area (Å²) in [5, 5.41) is 30.3. The molecule has 4 atom stereocenters. The van der Waals surface area contributed by atoms with E-state index >= 15 is 0 Å². The van der Waals surface area contributed by atoms with Gasteiger partial charge in [-0.15, -0.1) is 0 Å². The maximum Gasteiger partial charge on any atom is 0.311 e. The summed E-state index contributed by atoms with van der Waals surface area (Å²) in [6.07, 6.45) is 3.36. The summed E-state index contributed by atoms with van der Waals surface area (Å²) in [6, 6.07) is 24.1. The molecule has 0 aromatic heterocycles. The van der Waals surface area contributed by atoms with Crippen LogP contribution in [-0.4, -0.2) is 74.0 Å². The highest BCUT2D eigenvalue weighted by Gasteiger charge is 2.27. The normalized spacial score (nSPS) is 13.0. The minimum Gasteiger partial charge on any atom is -0.466 e. The molecule has 0 spiro atoms. The maximum atomic E-state index is 14.2. The summed E-state index contributed by atoms with van der Waals surface area (Å²) in [5.74, 6) is -2.27. The maximum absolute atomic E-state index is 14.2. The van der Waals surface area contributed by atoms with Crippen LogP contribution in [0.5, 0.6) is 0 Å². The highest BCUT2D eigenvalue weighted by Crippen LogP contribution is 2.30. The topological polar surface area (TPSA) is 123 Å². The lowest BCUT2D eigenvalue weighted by Crippen LogP contribution is -2.27. The molecule has 324 valence electrons. The first-order valence-corrected chi connectivity index (χ1v) is 21.4. The van der Waals surface area contributed by atoms with Crippen LogP contribution >= 0.6 is 23.2 Å². The second-order valence-corrected chi connectivity index (χ2v) is 16.0. The van der Waals surface area contributed by atoms with Crippen molar-refractivity contribution in [3.8, 4) is 22.3 Å². The summed E-state index contributed by atoms with van der Waals surface area (Å²) in [5.41, 5.74) is 4.42. The van der Waals surface area contributed by atoms with Crippen molar-refractivity contribution in [2.24, 2.45) is 23.7 Å². The molecular formula is C46H58B2Cl2F2O8. The van der Waals surface area contributed by atoms with Crippen LogP contribution in [0.25, 0.3) is 22.3 Å². The van der Waals surface area contributed by atoms with Gasteiger partial charge in [-0.1, -0.05) is 85.4 Å². The number of carbonyl (C=O) groups is 2. The smallest absolute Gasteiger partial charge is 0.311 e. The van der Waals surface area contributed by atoms with E-state index in [0.29, 0.717) is 79.3 Å². The van der Waals surface area contributed by atoms with Gasteiger partial charge < -0.3 is 29.4 Å². The molecule has 0 heterocycles. The van der Waals surface area contributed by atoms with E-state index in [9.17, 15) is 33.5 Å². The molecule has 0 aliphatic heterocycles. The van der Waals surface area contributed by atoms with Gasteiger partial charge in [0.25, 0.3) is 13.8 Å². The van der Waals surface area contributed by atoms with Crippen LogP contribution in [0.2, 0.25) is 36.3 Å². The molecule has 0 aliphatic rings. The Hall–Kier alpha value is -3.77. The Labute approximate surface area is 364 Å². The first-order valence-electron chi connectivity index (χ1n) is 20.6. The Morgan fingerprint density at radius 2 is 1.03 bits per heavy atom. The summed E-state index contributed by atoms with van der Waals surface area (Å²) in [6.45, 7) is 8.97. The standard InChI is InChI=1S/C24H31BClFO4.C22H27BClFO4/c1-4-30-16-20(24(28)31-5-2)13-18(15-25(3)29)12-17-6-8-19(9-7-17)22-14-21(26)10-11-23(22)27;1-3-29-22(27)18(14-26)11-16(13-23(2)28)10-15-4-6-17(7-5-15)20-12-19(24)8-9-21(20)25/h6-11,14,18,20,29H,4-5,12-13,15-16H2,1-3H3;4-9,12,16,18,26,28H,3,10-11,13-14H2,1-2H3/t18-,20+;16-,18+/m11/s1. The number of aliphatic hydroxyl groups excluding tert-OH is 1. The van der Waals surface area contributed by atoms with Crippen LogP contribution in [0, 0.1) is 35.3 Å². The Morgan fingerprint density at radius 3 is 1.40 bits per heavy atom. The number of hydrogen-bond donors (Lipinski definition) is 3. The number of esters is 2. The van der Waals surface area contributed by atoms with Crippen molar-refractivity contribution < 1.29 is 47.7 Å². The van der Waals surface area contributed by atoms with Crippen LogP contribution in [0.4, 0.5) is 8.78 Å². The van der Waals surface area contributed by atoms with Crippen molar-refractivity contribution >= 4 is 49.0 Å². The zero-order chi connectivity index (χ0) is 44.2. The second-order valence-electron chi connectivity index (χ2n) is 15.2. The molecule has 4 aromatic rings. The highest BCUT2D eigenvalue weighted by molar-refractivity contribution is 6.48. The van der Waals surface area contributed by atoms with Gasteiger partial charge in [0, 0.05) is 27.8 Å². The zero-order valence-electron chi connectivity index (χ0n) is 35.2. The van der Waals surface area contributed by atoms with Crippen LogP contribution in [0.3, 0.4) is 0 Å². The third-order valence-electron chi connectivity index (χ3n) is 10.0. The average Bonchev–Trinajstić information content (AvgIpc) is 3.20. The summed E-state index contributed by atoms with van der Waals surface area (Å²) >= 11 is 12.0. The third kappa shape index (κ3) is 17.3. The van der Waals surface area contributed by atoms with Gasteiger partial charge in [0.05, 0.1) is 38.3 Å². The molecule has 0 radical (unpaired) electrons. The van der Waals surface area contributed by atoms with E-state index in [1.807, 2.05) is 55.5 Å². The first-order chi connectivity index (χ1) is 28.7. The van der Waals surface area contributed by atoms with Gasteiger partial charge in [-0.25, -0.2) is 8.78 Å². The number of hydrogen-bond acceptors (Lipinski definition) is 8. The van der Waals surface area contributed by atoms with Crippen molar-refractivity contribution in [2.75, 3.05) is 33.0 Å². The molecule has 0 unspecified atom stereocenters. The Kier molecular flexibility index (Phi) is 22.4. The van der Waals surface area contributed by atoms with Gasteiger partial charge in [0.1, 0.15) is 11.6 Å². The number of benzene rings is 4.